The van der Waals surface area contributed by atoms with Crippen molar-refractivity contribution < 1.29 is 13.2 Å². The van der Waals surface area contributed by atoms with E-state index < -0.39 is 9.84 Å². The lowest BCUT2D eigenvalue weighted by Crippen LogP contribution is -2.04. The maximum absolute atomic E-state index is 12.4. The first-order chi connectivity index (χ1) is 14.4. The molecule has 2 aromatic carbocycles. The van der Waals surface area contributed by atoms with E-state index in [1.54, 1.807) is 18.2 Å². The summed E-state index contributed by atoms with van der Waals surface area (Å²) in [4.78, 5) is 13.8. The zero-order chi connectivity index (χ0) is 21.3. The summed E-state index contributed by atoms with van der Waals surface area (Å²) in [6.07, 6.45) is 4.11. The van der Waals surface area contributed by atoms with Crippen LogP contribution in [0.2, 0.25) is 0 Å². The van der Waals surface area contributed by atoms with Gasteiger partial charge in [-0.1, -0.05) is 12.1 Å². The van der Waals surface area contributed by atoms with Crippen molar-refractivity contribution in [2.75, 3.05) is 18.6 Å². The average Bonchev–Trinajstić information content (AvgIpc) is 2.72. The standard InChI is InChI=1S/C22H20N4O3S/c1-3-29-16-6-4-5-14(11-16)21-22(17-13-24-10-9-20(17)30(2,27)28)25-18-8-7-15(23)12-19(18)26-21/h4-13H,3,23H2,1-2H3. The maximum Gasteiger partial charge on any atom is 0.176 e. The van der Waals surface area contributed by atoms with Crippen molar-refractivity contribution in [2.45, 2.75) is 11.8 Å². The monoisotopic (exact) mass is 420 g/mol. The van der Waals surface area contributed by atoms with E-state index in [2.05, 4.69) is 4.98 Å². The molecular formula is C22H20N4O3S. The van der Waals surface area contributed by atoms with Gasteiger partial charge in [-0.05, 0) is 43.3 Å². The van der Waals surface area contributed by atoms with Crippen LogP contribution in [0.4, 0.5) is 5.69 Å². The highest BCUT2D eigenvalue weighted by molar-refractivity contribution is 7.90. The third kappa shape index (κ3) is 3.81. The summed E-state index contributed by atoms with van der Waals surface area (Å²) in [5.41, 5.74) is 9.80. The number of aromatic nitrogens is 3. The molecule has 0 aliphatic rings. The summed E-state index contributed by atoms with van der Waals surface area (Å²) in [5, 5.41) is 0. The highest BCUT2D eigenvalue weighted by Crippen LogP contribution is 2.35. The Morgan fingerprint density at radius 1 is 1.00 bits per heavy atom. The van der Waals surface area contributed by atoms with Gasteiger partial charge in [-0.15, -0.1) is 0 Å². The Labute approximate surface area is 174 Å². The molecule has 0 aliphatic heterocycles. The van der Waals surface area contributed by atoms with Crippen molar-refractivity contribution in [1.82, 2.24) is 15.0 Å². The topological polar surface area (TPSA) is 108 Å². The molecule has 0 aliphatic carbocycles. The van der Waals surface area contributed by atoms with Gasteiger partial charge in [0.25, 0.3) is 0 Å². The summed E-state index contributed by atoms with van der Waals surface area (Å²) >= 11 is 0. The number of pyridine rings is 1. The van der Waals surface area contributed by atoms with Crippen molar-refractivity contribution in [3.8, 4) is 28.3 Å². The molecule has 2 N–H and O–H groups in total. The van der Waals surface area contributed by atoms with Crippen LogP contribution in [0, 0.1) is 0 Å². The molecule has 0 bridgehead atoms. The summed E-state index contributed by atoms with van der Waals surface area (Å²) in [7, 11) is -3.51. The predicted octanol–water partition coefficient (Wildman–Crippen LogP) is 3.74. The fourth-order valence-corrected chi connectivity index (χ4v) is 4.10. The van der Waals surface area contributed by atoms with E-state index >= 15 is 0 Å². The van der Waals surface area contributed by atoms with Gasteiger partial charge in [-0.25, -0.2) is 18.4 Å². The van der Waals surface area contributed by atoms with Crippen LogP contribution in [-0.2, 0) is 9.84 Å². The number of rotatable bonds is 5. The molecule has 0 saturated heterocycles. The first-order valence-corrected chi connectivity index (χ1v) is 11.2. The number of anilines is 1. The number of benzene rings is 2. The second kappa shape index (κ2) is 7.72. The Morgan fingerprint density at radius 3 is 2.57 bits per heavy atom. The first kappa shape index (κ1) is 19.8. The molecule has 8 heteroatoms. The summed E-state index contributed by atoms with van der Waals surface area (Å²) < 4.78 is 30.4. The van der Waals surface area contributed by atoms with Gasteiger partial charge in [0, 0.05) is 35.5 Å². The third-order valence-corrected chi connectivity index (χ3v) is 5.70. The van der Waals surface area contributed by atoms with Gasteiger partial charge in [0.15, 0.2) is 9.84 Å². The maximum atomic E-state index is 12.4. The minimum absolute atomic E-state index is 0.142. The lowest BCUT2D eigenvalue weighted by atomic mass is 10.0. The molecule has 0 fully saturated rings. The van der Waals surface area contributed by atoms with Crippen molar-refractivity contribution in [2.24, 2.45) is 0 Å². The number of nitrogens with zero attached hydrogens (tertiary/aromatic N) is 3. The van der Waals surface area contributed by atoms with E-state index in [0.717, 1.165) is 11.8 Å². The number of fused-ring (bicyclic) bond motifs is 1. The molecule has 30 heavy (non-hydrogen) atoms. The average molecular weight is 420 g/mol. The smallest absolute Gasteiger partial charge is 0.176 e. The van der Waals surface area contributed by atoms with Gasteiger partial charge in [0.05, 0.1) is 28.2 Å². The zero-order valence-electron chi connectivity index (χ0n) is 16.5. The molecule has 0 spiro atoms. The Bertz CT molecular complexity index is 1350. The van der Waals surface area contributed by atoms with Crippen LogP contribution in [0.5, 0.6) is 5.75 Å². The fraction of sp³-hybridized carbons (Fsp3) is 0.136. The number of hydrogen-bond acceptors (Lipinski definition) is 7. The second-order valence-corrected chi connectivity index (χ2v) is 8.76. The Kier molecular flexibility index (Phi) is 5.09. The zero-order valence-corrected chi connectivity index (χ0v) is 17.3. The number of nitrogen functional groups attached to an aromatic ring is 1. The van der Waals surface area contributed by atoms with Gasteiger partial charge < -0.3 is 10.5 Å². The highest BCUT2D eigenvalue weighted by Gasteiger charge is 2.21. The number of sulfone groups is 1. The van der Waals surface area contributed by atoms with E-state index in [-0.39, 0.29) is 4.90 Å². The normalized spacial score (nSPS) is 11.5. The van der Waals surface area contributed by atoms with Crippen LogP contribution in [0.15, 0.2) is 65.8 Å². The molecule has 4 rings (SSSR count). The van der Waals surface area contributed by atoms with E-state index in [0.29, 0.717) is 46.0 Å². The minimum atomic E-state index is -3.51. The number of ether oxygens (including phenoxy) is 1. The van der Waals surface area contributed by atoms with Gasteiger partial charge in [0.2, 0.25) is 0 Å². The molecule has 0 radical (unpaired) electrons. The molecule has 0 unspecified atom stereocenters. The van der Waals surface area contributed by atoms with Crippen molar-refractivity contribution >= 4 is 26.6 Å². The predicted molar refractivity (Wildman–Crippen MR) is 117 cm³/mol. The molecule has 2 aromatic heterocycles. The summed E-state index contributed by atoms with van der Waals surface area (Å²) in [6.45, 7) is 2.43. The molecule has 0 saturated carbocycles. The minimum Gasteiger partial charge on any atom is -0.494 e. The highest BCUT2D eigenvalue weighted by atomic mass is 32.2. The first-order valence-electron chi connectivity index (χ1n) is 9.32. The summed E-state index contributed by atoms with van der Waals surface area (Å²) in [6, 6.07) is 14.1. The molecule has 7 nitrogen and oxygen atoms in total. The SMILES string of the molecule is CCOc1cccc(-c2nc3cc(N)ccc3nc2-c2cnccc2S(C)(=O)=O)c1. The van der Waals surface area contributed by atoms with Gasteiger partial charge in [-0.3, -0.25) is 4.98 Å². The van der Waals surface area contributed by atoms with Crippen LogP contribution in [0.3, 0.4) is 0 Å². The lowest BCUT2D eigenvalue weighted by Gasteiger charge is -2.14. The number of nitrogens with two attached hydrogens (primary N) is 1. The van der Waals surface area contributed by atoms with E-state index in [4.69, 9.17) is 20.4 Å². The van der Waals surface area contributed by atoms with Crippen LogP contribution in [-0.4, -0.2) is 36.2 Å². The van der Waals surface area contributed by atoms with Crippen LogP contribution in [0.25, 0.3) is 33.5 Å². The van der Waals surface area contributed by atoms with Crippen LogP contribution in [0.1, 0.15) is 6.92 Å². The van der Waals surface area contributed by atoms with Gasteiger partial charge in [0.1, 0.15) is 11.4 Å². The van der Waals surface area contributed by atoms with E-state index in [1.165, 1.54) is 18.5 Å². The number of hydrogen-bond donors (Lipinski definition) is 1. The largest absolute Gasteiger partial charge is 0.494 e. The third-order valence-electron chi connectivity index (χ3n) is 4.54. The van der Waals surface area contributed by atoms with Gasteiger partial charge in [-0.2, -0.15) is 0 Å². The molecule has 4 aromatic rings. The van der Waals surface area contributed by atoms with Crippen molar-refractivity contribution in [1.29, 1.82) is 0 Å². The lowest BCUT2D eigenvalue weighted by molar-refractivity contribution is 0.340. The molecule has 152 valence electrons. The second-order valence-electron chi connectivity index (χ2n) is 6.77. The van der Waals surface area contributed by atoms with Crippen molar-refractivity contribution in [3.63, 3.8) is 0 Å². The van der Waals surface area contributed by atoms with Gasteiger partial charge >= 0.3 is 0 Å². The summed E-state index contributed by atoms with van der Waals surface area (Å²) in [5.74, 6) is 0.685. The molecule has 0 atom stereocenters. The molecule has 2 heterocycles. The van der Waals surface area contributed by atoms with E-state index in [1.807, 2.05) is 31.2 Å². The van der Waals surface area contributed by atoms with Crippen LogP contribution >= 0.6 is 0 Å². The Balaban J connectivity index is 2.06. The Hall–Kier alpha value is -3.52. The van der Waals surface area contributed by atoms with Crippen molar-refractivity contribution in [3.05, 3.63) is 60.9 Å². The fourth-order valence-electron chi connectivity index (χ4n) is 3.24. The van der Waals surface area contributed by atoms with E-state index in [9.17, 15) is 8.42 Å². The molecular weight excluding hydrogens is 400 g/mol. The Morgan fingerprint density at radius 2 is 1.80 bits per heavy atom. The quantitative estimate of drug-likeness (QED) is 0.490. The molecule has 0 amide bonds. The van der Waals surface area contributed by atoms with Crippen LogP contribution < -0.4 is 10.5 Å².